The summed E-state index contributed by atoms with van der Waals surface area (Å²) in [5.41, 5.74) is 0. The SMILES string of the molecule is CCCCCCC(C/C=C/CCCCCCCC(=O)OCC(O)CS(=O)(=O)[O-])OS(=O)(=O)[O-].[Na+].[Na+]. The topological polar surface area (TPSA) is 170 Å². The van der Waals surface area contributed by atoms with Crippen LogP contribution in [0.15, 0.2) is 12.2 Å². The van der Waals surface area contributed by atoms with Crippen LogP contribution in [-0.2, 0) is 34.2 Å². The zero-order chi connectivity index (χ0) is 25.2. The maximum absolute atomic E-state index is 11.5. The molecule has 0 aliphatic carbocycles. The van der Waals surface area contributed by atoms with Gasteiger partial charge in [-0.2, -0.15) is 0 Å². The number of carbonyl (C=O) groups is 1. The fourth-order valence-corrected chi connectivity index (χ4v) is 4.22. The van der Waals surface area contributed by atoms with E-state index in [2.05, 4.69) is 11.1 Å². The van der Waals surface area contributed by atoms with E-state index in [1.165, 1.54) is 0 Å². The third kappa shape index (κ3) is 31.1. The molecule has 2 atom stereocenters. The molecule has 10 nitrogen and oxygen atoms in total. The van der Waals surface area contributed by atoms with E-state index in [-0.39, 0.29) is 65.5 Å². The molecule has 0 heterocycles. The van der Waals surface area contributed by atoms with Crippen molar-refractivity contribution in [2.75, 3.05) is 12.4 Å². The van der Waals surface area contributed by atoms with Crippen molar-refractivity contribution in [1.82, 2.24) is 0 Å². The first-order valence-corrected chi connectivity index (χ1v) is 14.4. The fraction of sp³-hybridized carbons (Fsp3) is 0.857. The van der Waals surface area contributed by atoms with Crippen LogP contribution in [0.5, 0.6) is 0 Å². The summed E-state index contributed by atoms with van der Waals surface area (Å²) < 4.78 is 73.4. The van der Waals surface area contributed by atoms with Crippen LogP contribution in [0, 0.1) is 0 Å². The Bertz CT molecular complexity index is 758. The Morgan fingerprint density at radius 2 is 1.51 bits per heavy atom. The van der Waals surface area contributed by atoms with E-state index in [1.54, 1.807) is 0 Å². The molecular formula is C21H38Na2O10S2. The molecule has 0 aliphatic heterocycles. The van der Waals surface area contributed by atoms with Crippen LogP contribution in [0.25, 0.3) is 0 Å². The predicted octanol–water partition coefficient (Wildman–Crippen LogP) is -3.06. The maximum Gasteiger partial charge on any atom is 1.00 e. The monoisotopic (exact) mass is 560 g/mol. The molecule has 0 rings (SSSR count). The molecule has 35 heavy (non-hydrogen) atoms. The summed E-state index contributed by atoms with van der Waals surface area (Å²) in [4.78, 5) is 11.5. The number of hydrogen-bond donors (Lipinski definition) is 1. The Morgan fingerprint density at radius 1 is 0.914 bits per heavy atom. The molecule has 0 bridgehead atoms. The van der Waals surface area contributed by atoms with Gasteiger partial charge in [0, 0.05) is 6.42 Å². The summed E-state index contributed by atoms with van der Waals surface area (Å²) in [5.74, 6) is -1.54. The molecule has 0 aromatic rings. The molecule has 2 unspecified atom stereocenters. The van der Waals surface area contributed by atoms with Crippen LogP contribution in [0.2, 0.25) is 0 Å². The van der Waals surface area contributed by atoms with Crippen LogP contribution in [0.4, 0.5) is 0 Å². The number of unbranched alkanes of at least 4 members (excludes halogenated alkanes) is 8. The van der Waals surface area contributed by atoms with E-state index < -0.39 is 51.1 Å². The van der Waals surface area contributed by atoms with Gasteiger partial charge < -0.3 is 18.9 Å². The molecular weight excluding hydrogens is 522 g/mol. The minimum absolute atomic E-state index is 0. The van der Waals surface area contributed by atoms with Crippen molar-refractivity contribution in [2.45, 2.75) is 103 Å². The quantitative estimate of drug-likeness (QED) is 0.0380. The average molecular weight is 561 g/mol. The van der Waals surface area contributed by atoms with Crippen LogP contribution < -0.4 is 59.1 Å². The zero-order valence-corrected chi connectivity index (χ0v) is 27.0. The number of aliphatic hydroxyl groups excluding tert-OH is 1. The number of carbonyl (C=O) groups excluding carboxylic acids is 1. The van der Waals surface area contributed by atoms with Gasteiger partial charge in [-0.05, 0) is 32.1 Å². The average Bonchev–Trinajstić information content (AvgIpc) is 2.68. The molecule has 0 aromatic heterocycles. The van der Waals surface area contributed by atoms with Crippen molar-refractivity contribution < 1.29 is 104 Å². The smallest absolute Gasteiger partial charge is 0.748 e. The van der Waals surface area contributed by atoms with Crippen molar-refractivity contribution in [3.63, 3.8) is 0 Å². The van der Waals surface area contributed by atoms with E-state index in [0.717, 1.165) is 57.8 Å². The molecule has 0 aliphatic rings. The van der Waals surface area contributed by atoms with Crippen molar-refractivity contribution in [3.8, 4) is 0 Å². The molecule has 0 fully saturated rings. The van der Waals surface area contributed by atoms with Gasteiger partial charge in [0.2, 0.25) is 10.4 Å². The second kappa shape index (κ2) is 24.0. The molecule has 0 saturated heterocycles. The third-order valence-corrected chi connectivity index (χ3v) is 6.09. The van der Waals surface area contributed by atoms with Gasteiger partial charge in [-0.15, -0.1) is 0 Å². The normalized spacial score (nSPS) is 13.6. The molecule has 0 spiro atoms. The number of rotatable bonds is 21. The van der Waals surface area contributed by atoms with Crippen LogP contribution in [0.1, 0.15) is 90.4 Å². The Balaban J connectivity index is -0.00000512. The van der Waals surface area contributed by atoms with Gasteiger partial charge in [0.15, 0.2) is 0 Å². The van der Waals surface area contributed by atoms with Crippen LogP contribution in [0.3, 0.4) is 0 Å². The van der Waals surface area contributed by atoms with Gasteiger partial charge in [-0.1, -0.05) is 64.0 Å². The molecule has 1 N–H and O–H groups in total. The van der Waals surface area contributed by atoms with Crippen molar-refractivity contribution in [1.29, 1.82) is 0 Å². The Morgan fingerprint density at radius 3 is 2.11 bits per heavy atom. The number of allylic oxidation sites excluding steroid dienone is 1. The van der Waals surface area contributed by atoms with E-state index in [1.807, 2.05) is 12.2 Å². The minimum Gasteiger partial charge on any atom is -0.748 e. The van der Waals surface area contributed by atoms with Gasteiger partial charge in [-0.25, -0.2) is 16.8 Å². The molecule has 0 amide bonds. The summed E-state index contributed by atoms with van der Waals surface area (Å²) in [7, 11) is -9.28. The zero-order valence-electron chi connectivity index (χ0n) is 21.4. The van der Waals surface area contributed by atoms with E-state index in [9.17, 15) is 35.8 Å². The summed E-state index contributed by atoms with van der Waals surface area (Å²) >= 11 is 0. The van der Waals surface area contributed by atoms with Gasteiger partial charge in [0.25, 0.3) is 0 Å². The van der Waals surface area contributed by atoms with E-state index in [4.69, 9.17) is 4.74 Å². The Labute approximate surface area is 255 Å². The van der Waals surface area contributed by atoms with Crippen molar-refractivity contribution in [3.05, 3.63) is 12.2 Å². The predicted molar refractivity (Wildman–Crippen MR) is 121 cm³/mol. The maximum atomic E-state index is 11.5. The fourth-order valence-electron chi connectivity index (χ4n) is 3.14. The number of ether oxygens (including phenoxy) is 1. The van der Waals surface area contributed by atoms with Gasteiger partial charge in [-0.3, -0.25) is 8.98 Å². The Kier molecular flexibility index (Phi) is 27.8. The van der Waals surface area contributed by atoms with Crippen LogP contribution in [-0.4, -0.2) is 61.6 Å². The first kappa shape index (κ1) is 40.4. The molecule has 0 saturated carbocycles. The summed E-state index contributed by atoms with van der Waals surface area (Å²) in [6.45, 7) is 1.56. The molecule has 14 heteroatoms. The number of hydrogen-bond acceptors (Lipinski definition) is 10. The standard InChI is InChI=1S/C21H40O10S2.2Na/c1-2-3-4-11-14-20(31-33(27,28)29)15-12-9-7-5-6-8-10-13-16-21(23)30-17-19(22)18-32(24,25)26;;/h9,12,19-20,22H,2-8,10-11,13-18H2,1H3,(H,24,25,26)(H,27,28,29);;/q;2*+1/p-2/b12-9+;;. The van der Waals surface area contributed by atoms with Crippen LogP contribution >= 0.6 is 0 Å². The number of esters is 1. The minimum atomic E-state index is -4.71. The van der Waals surface area contributed by atoms with Crippen molar-refractivity contribution >= 4 is 26.5 Å². The summed E-state index contributed by atoms with van der Waals surface area (Å²) in [6, 6.07) is 0. The molecule has 0 aromatic carbocycles. The molecule has 0 radical (unpaired) electrons. The molecule has 196 valence electrons. The second-order valence-electron chi connectivity index (χ2n) is 8.05. The van der Waals surface area contributed by atoms with Crippen molar-refractivity contribution in [2.24, 2.45) is 0 Å². The van der Waals surface area contributed by atoms with Gasteiger partial charge in [0.1, 0.15) is 12.7 Å². The number of aliphatic hydroxyl groups is 1. The third-order valence-electron chi connectivity index (χ3n) is 4.78. The summed E-state index contributed by atoms with van der Waals surface area (Å²) in [5, 5.41) is 9.29. The van der Waals surface area contributed by atoms with Gasteiger partial charge >= 0.3 is 65.1 Å². The van der Waals surface area contributed by atoms with Gasteiger partial charge in [0.05, 0.1) is 22.0 Å². The van der Waals surface area contributed by atoms with E-state index in [0.29, 0.717) is 19.3 Å². The Hall–Kier alpha value is 0.950. The van der Waals surface area contributed by atoms with E-state index >= 15 is 0 Å². The second-order valence-corrected chi connectivity index (χ2v) is 10.5. The first-order valence-electron chi connectivity index (χ1n) is 11.5. The summed E-state index contributed by atoms with van der Waals surface area (Å²) in [6.07, 6.45) is 11.7. The first-order chi connectivity index (χ1) is 15.4. The largest absolute Gasteiger partial charge is 1.00 e.